The fourth-order valence-electron chi connectivity index (χ4n) is 6.53. The average Bonchev–Trinajstić information content (AvgIpc) is 3.46. The Hall–Kier alpha value is -3.91. The zero-order valence-corrected chi connectivity index (χ0v) is 29.6. The molecule has 14 heteroatoms. The molecule has 1 amide bonds. The summed E-state index contributed by atoms with van der Waals surface area (Å²) in [4.78, 5) is 31.0. The van der Waals surface area contributed by atoms with Crippen LogP contribution in [-0.4, -0.2) is 43.4 Å². The molecule has 4 rings (SSSR count). The smallest absolute Gasteiger partial charge is 0.337 e. The van der Waals surface area contributed by atoms with Crippen molar-refractivity contribution < 1.29 is 45.9 Å². The van der Waals surface area contributed by atoms with Gasteiger partial charge in [-0.3, -0.25) is 4.79 Å². The Labute approximate surface area is 294 Å². The summed E-state index contributed by atoms with van der Waals surface area (Å²) in [5.74, 6) is -8.12. The highest BCUT2D eigenvalue weighted by molar-refractivity contribution is 7.92. The second-order valence-corrected chi connectivity index (χ2v) is 15.0. The van der Waals surface area contributed by atoms with Gasteiger partial charge in [0.25, 0.3) is 5.91 Å². The second-order valence-electron chi connectivity index (χ2n) is 12.5. The number of benzene rings is 3. The summed E-state index contributed by atoms with van der Waals surface area (Å²) in [6.45, 7) is 5.50. The van der Waals surface area contributed by atoms with E-state index in [1.807, 2.05) is 30.3 Å². The van der Waals surface area contributed by atoms with E-state index < -0.39 is 61.9 Å². The maximum Gasteiger partial charge on any atom is 0.337 e. The van der Waals surface area contributed by atoms with E-state index in [1.165, 1.54) is 25.5 Å². The SMILES string of the molecule is CC[C@](O)(C[C@@H]1CCC(C)C1S(=O)(=O)c1cc(C(=O)Nc2cc(F)c(F)c(F)c2)ccc1Cl)C(C)/C(=C\ONCc1ccccc1)C(=O)OC. The lowest BCUT2D eigenvalue weighted by Crippen LogP contribution is -2.43. The first-order valence-corrected chi connectivity index (χ1v) is 18.0. The summed E-state index contributed by atoms with van der Waals surface area (Å²) in [7, 11) is -3.03. The van der Waals surface area contributed by atoms with Crippen LogP contribution in [0.15, 0.2) is 77.4 Å². The van der Waals surface area contributed by atoms with Crippen LogP contribution in [0.2, 0.25) is 5.02 Å². The zero-order valence-electron chi connectivity index (χ0n) is 28.0. The van der Waals surface area contributed by atoms with Gasteiger partial charge in [0.1, 0.15) is 6.26 Å². The molecule has 0 bridgehead atoms. The molecule has 5 atom stereocenters. The van der Waals surface area contributed by atoms with Gasteiger partial charge in [-0.1, -0.05) is 62.7 Å². The number of carbonyl (C=O) groups is 2. The average molecular weight is 737 g/mol. The monoisotopic (exact) mass is 736 g/mol. The first-order chi connectivity index (χ1) is 23.6. The van der Waals surface area contributed by atoms with E-state index in [9.17, 15) is 36.3 Å². The van der Waals surface area contributed by atoms with Crippen molar-refractivity contribution in [3.63, 3.8) is 0 Å². The highest BCUT2D eigenvalue weighted by Crippen LogP contribution is 2.46. The van der Waals surface area contributed by atoms with Crippen LogP contribution >= 0.6 is 11.6 Å². The molecule has 0 aliphatic heterocycles. The summed E-state index contributed by atoms with van der Waals surface area (Å²) < 4.78 is 74.4. The van der Waals surface area contributed by atoms with E-state index in [4.69, 9.17) is 21.2 Å². The van der Waals surface area contributed by atoms with Crippen LogP contribution < -0.4 is 10.8 Å². The minimum Gasteiger partial charge on any atom is -0.466 e. The molecule has 1 aliphatic rings. The lowest BCUT2D eigenvalue weighted by molar-refractivity contribution is -0.138. The summed E-state index contributed by atoms with van der Waals surface area (Å²) in [6.07, 6.45) is 2.33. The molecular weight excluding hydrogens is 697 g/mol. The number of anilines is 1. The standard InChI is InChI=1S/C36H40ClF3N2O7S/c1-5-36(45,22(3)27(35(44)48-4)20-49-41-19-23-9-7-6-8-10-23)18-25-12-11-21(2)33(25)50(46,47)31-15-24(13-14-28(31)37)34(43)42-26-16-29(38)32(40)30(39)17-26/h6-10,13-17,20-22,25,33,41,45H,5,11-12,18-19H2,1-4H3,(H,42,43)/b27-20+/t21?,22?,25-,33?,36-/m0/s1. The van der Waals surface area contributed by atoms with E-state index >= 15 is 0 Å². The molecule has 1 fully saturated rings. The second kappa shape index (κ2) is 16.4. The lowest BCUT2D eigenvalue weighted by atomic mass is 9.75. The van der Waals surface area contributed by atoms with Crippen LogP contribution in [0.5, 0.6) is 0 Å². The lowest BCUT2D eigenvalue weighted by Gasteiger charge is -2.37. The van der Waals surface area contributed by atoms with Gasteiger partial charge in [-0.05, 0) is 61.3 Å². The molecule has 3 N–H and O–H groups in total. The number of hydrogen-bond donors (Lipinski definition) is 3. The molecule has 3 aromatic carbocycles. The van der Waals surface area contributed by atoms with Gasteiger partial charge in [0.2, 0.25) is 0 Å². The summed E-state index contributed by atoms with van der Waals surface area (Å²) in [5.41, 5.74) is 1.64. The Morgan fingerprint density at radius 2 is 1.74 bits per heavy atom. The number of esters is 1. The van der Waals surface area contributed by atoms with Crippen molar-refractivity contribution in [2.45, 2.75) is 68.7 Å². The number of halogens is 4. The van der Waals surface area contributed by atoms with Gasteiger partial charge in [0, 0.05) is 29.3 Å². The molecular formula is C36H40ClF3N2O7S. The summed E-state index contributed by atoms with van der Waals surface area (Å²) >= 11 is 6.40. The number of aliphatic hydroxyl groups is 1. The quantitative estimate of drug-likeness (QED) is 0.0398. The first-order valence-electron chi connectivity index (χ1n) is 16.1. The first kappa shape index (κ1) is 38.9. The predicted molar refractivity (Wildman–Crippen MR) is 182 cm³/mol. The van der Waals surface area contributed by atoms with Crippen LogP contribution in [0.4, 0.5) is 18.9 Å². The van der Waals surface area contributed by atoms with Crippen LogP contribution in [0.1, 0.15) is 62.4 Å². The third kappa shape index (κ3) is 8.68. The third-order valence-corrected chi connectivity index (χ3v) is 12.4. The van der Waals surface area contributed by atoms with Crippen LogP contribution in [0, 0.1) is 35.2 Å². The van der Waals surface area contributed by atoms with Crippen molar-refractivity contribution in [2.75, 3.05) is 12.4 Å². The van der Waals surface area contributed by atoms with Gasteiger partial charge >= 0.3 is 5.97 Å². The molecule has 3 aromatic rings. The zero-order chi connectivity index (χ0) is 36.8. The summed E-state index contributed by atoms with van der Waals surface area (Å²) in [6, 6.07) is 14.2. The van der Waals surface area contributed by atoms with Gasteiger partial charge in [0.15, 0.2) is 27.3 Å². The molecule has 0 aromatic heterocycles. The number of hydroxylamine groups is 1. The van der Waals surface area contributed by atoms with Crippen LogP contribution in [0.3, 0.4) is 0 Å². The van der Waals surface area contributed by atoms with Gasteiger partial charge in [0.05, 0.1) is 40.0 Å². The van der Waals surface area contributed by atoms with Crippen molar-refractivity contribution in [1.82, 2.24) is 5.48 Å². The Morgan fingerprint density at radius 3 is 2.36 bits per heavy atom. The highest BCUT2D eigenvalue weighted by Gasteiger charge is 2.48. The number of rotatable bonds is 14. The van der Waals surface area contributed by atoms with E-state index in [1.54, 1.807) is 20.8 Å². The van der Waals surface area contributed by atoms with Gasteiger partial charge in [-0.2, -0.15) is 5.48 Å². The molecule has 9 nitrogen and oxygen atoms in total. The molecule has 1 saturated carbocycles. The molecule has 0 radical (unpaired) electrons. The molecule has 0 heterocycles. The topological polar surface area (TPSA) is 131 Å². The van der Waals surface area contributed by atoms with Crippen LogP contribution in [0.25, 0.3) is 0 Å². The molecule has 50 heavy (non-hydrogen) atoms. The number of carbonyl (C=O) groups excluding carboxylic acids is 2. The maximum atomic E-state index is 14.3. The van der Waals surface area contributed by atoms with Gasteiger partial charge < -0.3 is 20.0 Å². The Kier molecular flexibility index (Phi) is 12.8. The third-order valence-electron chi connectivity index (χ3n) is 9.43. The molecule has 3 unspecified atom stereocenters. The van der Waals surface area contributed by atoms with Crippen molar-refractivity contribution in [3.05, 3.63) is 106 Å². The number of amides is 1. The molecule has 0 saturated heterocycles. The van der Waals surface area contributed by atoms with E-state index in [0.29, 0.717) is 31.5 Å². The maximum absolute atomic E-state index is 14.3. The van der Waals surface area contributed by atoms with E-state index in [2.05, 4.69) is 10.8 Å². The molecule has 1 aliphatic carbocycles. The van der Waals surface area contributed by atoms with Crippen molar-refractivity contribution in [2.24, 2.45) is 17.8 Å². The number of hydrogen-bond acceptors (Lipinski definition) is 8. The minimum absolute atomic E-state index is 0.00414. The fourth-order valence-corrected chi connectivity index (χ4v) is 9.38. The minimum atomic E-state index is -4.24. The molecule has 0 spiro atoms. The largest absolute Gasteiger partial charge is 0.466 e. The number of nitrogens with one attached hydrogen (secondary N) is 2. The Bertz CT molecular complexity index is 1820. The van der Waals surface area contributed by atoms with Crippen molar-refractivity contribution >= 4 is 39.0 Å². The number of methoxy groups -OCH3 is 1. The number of ether oxygens (including phenoxy) is 1. The predicted octanol–water partition coefficient (Wildman–Crippen LogP) is 7.14. The number of sulfone groups is 1. The van der Waals surface area contributed by atoms with Crippen LogP contribution in [-0.2, 0) is 30.8 Å². The van der Waals surface area contributed by atoms with E-state index in [0.717, 1.165) is 11.6 Å². The van der Waals surface area contributed by atoms with Crippen molar-refractivity contribution in [1.29, 1.82) is 0 Å². The fraction of sp³-hybridized carbons (Fsp3) is 0.389. The van der Waals surface area contributed by atoms with Gasteiger partial charge in [-0.25, -0.2) is 26.4 Å². The summed E-state index contributed by atoms with van der Waals surface area (Å²) in [5, 5.41) is 13.1. The highest BCUT2D eigenvalue weighted by atomic mass is 35.5. The normalized spacial score (nSPS) is 19.8. The Morgan fingerprint density at radius 1 is 1.08 bits per heavy atom. The molecule has 270 valence electrons. The van der Waals surface area contributed by atoms with E-state index in [-0.39, 0.29) is 45.5 Å². The van der Waals surface area contributed by atoms with Gasteiger partial charge in [-0.15, -0.1) is 0 Å². The Balaban J connectivity index is 1.58. The van der Waals surface area contributed by atoms with Crippen molar-refractivity contribution in [3.8, 4) is 0 Å².